The van der Waals surface area contributed by atoms with Gasteiger partial charge in [0.15, 0.2) is 9.84 Å². The number of nitrogens with zero attached hydrogens (tertiary/aromatic N) is 1. The fourth-order valence-electron chi connectivity index (χ4n) is 2.61. The van der Waals surface area contributed by atoms with Crippen LogP contribution in [0.5, 0.6) is 0 Å². The van der Waals surface area contributed by atoms with E-state index in [4.69, 9.17) is 0 Å². The zero-order chi connectivity index (χ0) is 15.6. The summed E-state index contributed by atoms with van der Waals surface area (Å²) in [6, 6.07) is 2.86. The molecule has 21 heavy (non-hydrogen) atoms. The lowest BCUT2D eigenvalue weighted by atomic mass is 10.1. The van der Waals surface area contributed by atoms with Gasteiger partial charge in [0.05, 0.1) is 10.6 Å². The van der Waals surface area contributed by atoms with Crippen LogP contribution in [0.1, 0.15) is 32.3 Å². The Morgan fingerprint density at radius 2 is 1.90 bits per heavy atom. The number of carbonyl (C=O) groups excluding carboxylic acids is 1. The van der Waals surface area contributed by atoms with Crippen molar-refractivity contribution in [3.63, 3.8) is 0 Å². The van der Waals surface area contributed by atoms with Crippen molar-refractivity contribution in [2.45, 2.75) is 38.0 Å². The molecule has 1 aromatic carbocycles. The molecule has 116 valence electrons. The second-order valence-electron chi connectivity index (χ2n) is 5.38. The molecule has 0 N–H and O–H groups in total. The topological polar surface area (TPSA) is 54.5 Å². The number of anilines is 1. The molecule has 0 amide bonds. The zero-order valence-electron chi connectivity index (χ0n) is 12.4. The Morgan fingerprint density at radius 1 is 1.29 bits per heavy atom. The van der Waals surface area contributed by atoms with Gasteiger partial charge in [-0.15, -0.1) is 0 Å². The second-order valence-corrected chi connectivity index (χ2v) is 7.63. The van der Waals surface area contributed by atoms with Gasteiger partial charge in [-0.2, -0.15) is 0 Å². The Bertz CT molecular complexity index is 649. The molecule has 2 rings (SSSR count). The maximum atomic E-state index is 14.3. The molecule has 0 aromatic heterocycles. The van der Waals surface area contributed by atoms with E-state index in [0.29, 0.717) is 5.69 Å². The van der Waals surface area contributed by atoms with Crippen LogP contribution in [0.2, 0.25) is 0 Å². The van der Waals surface area contributed by atoms with Gasteiger partial charge in [0, 0.05) is 30.8 Å². The standard InChI is InChI=1S/C15H20FNO3S/c1-3-21(19,20)15-10-12(17-6-4-5-7-17)9-14(16)13(15)8-11(2)18/h9-10H,3-8H2,1-2H3. The third-order valence-electron chi connectivity index (χ3n) is 3.75. The summed E-state index contributed by atoms with van der Waals surface area (Å²) in [5, 5.41) is 0. The highest BCUT2D eigenvalue weighted by Crippen LogP contribution is 2.29. The minimum atomic E-state index is -3.57. The van der Waals surface area contributed by atoms with E-state index < -0.39 is 15.7 Å². The van der Waals surface area contributed by atoms with Crippen molar-refractivity contribution >= 4 is 21.3 Å². The first-order chi connectivity index (χ1) is 9.85. The lowest BCUT2D eigenvalue weighted by Crippen LogP contribution is -2.20. The maximum absolute atomic E-state index is 14.3. The molecule has 1 heterocycles. The van der Waals surface area contributed by atoms with E-state index in [9.17, 15) is 17.6 Å². The van der Waals surface area contributed by atoms with Crippen LogP contribution in [0.3, 0.4) is 0 Å². The van der Waals surface area contributed by atoms with Crippen molar-refractivity contribution in [2.24, 2.45) is 0 Å². The van der Waals surface area contributed by atoms with Crippen molar-refractivity contribution in [3.8, 4) is 0 Å². The molecule has 0 aliphatic carbocycles. The fourth-order valence-corrected chi connectivity index (χ4v) is 3.77. The Morgan fingerprint density at radius 3 is 2.43 bits per heavy atom. The third-order valence-corrected chi connectivity index (χ3v) is 5.55. The van der Waals surface area contributed by atoms with Crippen LogP contribution < -0.4 is 4.90 Å². The van der Waals surface area contributed by atoms with Crippen LogP contribution in [-0.4, -0.2) is 33.0 Å². The van der Waals surface area contributed by atoms with E-state index in [1.54, 1.807) is 0 Å². The molecule has 1 saturated heterocycles. The summed E-state index contributed by atoms with van der Waals surface area (Å²) in [5.74, 6) is -0.974. The number of ketones is 1. The van der Waals surface area contributed by atoms with Gasteiger partial charge >= 0.3 is 0 Å². The number of halogens is 1. The number of carbonyl (C=O) groups is 1. The van der Waals surface area contributed by atoms with Crippen molar-refractivity contribution in [3.05, 3.63) is 23.5 Å². The lowest BCUT2D eigenvalue weighted by Gasteiger charge is -2.20. The average Bonchev–Trinajstić information content (AvgIpc) is 2.94. The van der Waals surface area contributed by atoms with Crippen LogP contribution in [0.15, 0.2) is 17.0 Å². The number of hydrogen-bond acceptors (Lipinski definition) is 4. The Kier molecular flexibility index (Phi) is 4.66. The van der Waals surface area contributed by atoms with E-state index >= 15 is 0 Å². The molecule has 1 fully saturated rings. The predicted molar refractivity (Wildman–Crippen MR) is 80.0 cm³/mol. The van der Waals surface area contributed by atoms with Crippen LogP contribution >= 0.6 is 0 Å². The molecule has 0 spiro atoms. The molecule has 0 bridgehead atoms. The Balaban J connectivity index is 2.57. The molecule has 1 aliphatic heterocycles. The van der Waals surface area contributed by atoms with E-state index in [1.807, 2.05) is 4.90 Å². The van der Waals surface area contributed by atoms with Crippen molar-refractivity contribution < 1.29 is 17.6 Å². The largest absolute Gasteiger partial charge is 0.371 e. The van der Waals surface area contributed by atoms with Gasteiger partial charge in [-0.25, -0.2) is 12.8 Å². The number of Topliss-reactive ketones (excluding diaryl/α,β-unsaturated/α-hetero) is 1. The third kappa shape index (κ3) is 3.43. The predicted octanol–water partition coefficient (Wildman–Crippen LogP) is 2.35. The summed E-state index contributed by atoms with van der Waals surface area (Å²) >= 11 is 0. The van der Waals surface area contributed by atoms with E-state index in [0.717, 1.165) is 25.9 Å². The summed E-state index contributed by atoms with van der Waals surface area (Å²) in [6.07, 6.45) is 1.85. The molecule has 0 unspecified atom stereocenters. The van der Waals surface area contributed by atoms with E-state index in [1.165, 1.54) is 26.0 Å². The van der Waals surface area contributed by atoms with Crippen molar-refractivity contribution in [1.82, 2.24) is 0 Å². The molecule has 6 heteroatoms. The number of hydrogen-bond donors (Lipinski definition) is 0. The first-order valence-electron chi connectivity index (χ1n) is 7.14. The summed E-state index contributed by atoms with van der Waals surface area (Å²) < 4.78 is 38.8. The van der Waals surface area contributed by atoms with Crippen molar-refractivity contribution in [1.29, 1.82) is 0 Å². The quantitative estimate of drug-likeness (QED) is 0.837. The number of sulfone groups is 1. The average molecular weight is 313 g/mol. The SMILES string of the molecule is CCS(=O)(=O)c1cc(N2CCCC2)cc(F)c1CC(C)=O. The normalized spacial score (nSPS) is 15.5. The van der Waals surface area contributed by atoms with Gasteiger partial charge < -0.3 is 4.90 Å². The Labute approximate surface area is 124 Å². The van der Waals surface area contributed by atoms with Gasteiger partial charge in [0.1, 0.15) is 11.6 Å². The van der Waals surface area contributed by atoms with Crippen LogP contribution in [0, 0.1) is 5.82 Å². The fraction of sp³-hybridized carbons (Fsp3) is 0.533. The summed E-state index contributed by atoms with van der Waals surface area (Å²) in [6.45, 7) is 4.46. The van der Waals surface area contributed by atoms with Crippen LogP contribution in [-0.2, 0) is 21.1 Å². The molecule has 1 aliphatic rings. The molecule has 1 aromatic rings. The van der Waals surface area contributed by atoms with Gasteiger partial charge in [0.2, 0.25) is 0 Å². The first-order valence-corrected chi connectivity index (χ1v) is 8.80. The zero-order valence-corrected chi connectivity index (χ0v) is 13.2. The molecule has 0 atom stereocenters. The monoisotopic (exact) mass is 313 g/mol. The molecular weight excluding hydrogens is 293 g/mol. The Hall–Kier alpha value is -1.43. The second kappa shape index (κ2) is 6.13. The van der Waals surface area contributed by atoms with Crippen molar-refractivity contribution in [2.75, 3.05) is 23.7 Å². The van der Waals surface area contributed by atoms with E-state index in [2.05, 4.69) is 0 Å². The van der Waals surface area contributed by atoms with Crippen LogP contribution in [0.4, 0.5) is 10.1 Å². The van der Waals surface area contributed by atoms with Gasteiger partial charge in [-0.1, -0.05) is 6.92 Å². The minimum Gasteiger partial charge on any atom is -0.371 e. The lowest BCUT2D eigenvalue weighted by molar-refractivity contribution is -0.116. The number of benzene rings is 1. The van der Waals surface area contributed by atoms with Crippen LogP contribution in [0.25, 0.3) is 0 Å². The highest BCUT2D eigenvalue weighted by Gasteiger charge is 2.24. The molecule has 4 nitrogen and oxygen atoms in total. The maximum Gasteiger partial charge on any atom is 0.178 e. The molecular formula is C15H20FNO3S. The smallest absolute Gasteiger partial charge is 0.178 e. The van der Waals surface area contributed by atoms with Gasteiger partial charge in [0.25, 0.3) is 0 Å². The summed E-state index contributed by atoms with van der Waals surface area (Å²) in [4.78, 5) is 13.2. The minimum absolute atomic E-state index is 0.00713. The molecule has 0 saturated carbocycles. The number of rotatable bonds is 5. The highest BCUT2D eigenvalue weighted by molar-refractivity contribution is 7.91. The van der Waals surface area contributed by atoms with Gasteiger partial charge in [-0.3, -0.25) is 4.79 Å². The summed E-state index contributed by atoms with van der Waals surface area (Å²) in [5.41, 5.74) is 0.580. The molecule has 0 radical (unpaired) electrons. The first kappa shape index (κ1) is 15.9. The van der Waals surface area contributed by atoms with E-state index in [-0.39, 0.29) is 28.4 Å². The highest BCUT2D eigenvalue weighted by atomic mass is 32.2. The summed E-state index contributed by atoms with van der Waals surface area (Å²) in [7, 11) is -3.57. The van der Waals surface area contributed by atoms with Gasteiger partial charge in [-0.05, 0) is 31.9 Å².